The Labute approximate surface area is 96.8 Å². The molecule has 0 aromatic carbocycles. The van der Waals surface area contributed by atoms with Gasteiger partial charge in [0.1, 0.15) is 5.82 Å². The maximum absolute atomic E-state index is 5.69. The van der Waals surface area contributed by atoms with Crippen molar-refractivity contribution in [2.75, 3.05) is 6.61 Å². The van der Waals surface area contributed by atoms with Crippen LogP contribution >= 0.6 is 0 Å². The molecule has 3 heteroatoms. The lowest BCUT2D eigenvalue weighted by atomic mass is 9.98. The van der Waals surface area contributed by atoms with Crippen LogP contribution in [0.1, 0.15) is 37.7 Å². The van der Waals surface area contributed by atoms with Gasteiger partial charge in [-0.2, -0.15) is 0 Å². The monoisotopic (exact) mass is 220 g/mol. The van der Waals surface area contributed by atoms with Crippen molar-refractivity contribution in [3.05, 3.63) is 17.7 Å². The van der Waals surface area contributed by atoms with Gasteiger partial charge >= 0.3 is 0 Å². The van der Waals surface area contributed by atoms with E-state index in [1.165, 1.54) is 37.2 Å². The van der Waals surface area contributed by atoms with Gasteiger partial charge in [-0.25, -0.2) is 4.98 Å². The highest BCUT2D eigenvalue weighted by atomic mass is 16.5. The molecule has 3 heterocycles. The summed E-state index contributed by atoms with van der Waals surface area (Å²) in [7, 11) is 0. The number of ether oxygens (including phenoxy) is 1. The van der Waals surface area contributed by atoms with E-state index in [0.717, 1.165) is 25.5 Å². The Morgan fingerprint density at radius 1 is 1.50 bits per heavy atom. The summed E-state index contributed by atoms with van der Waals surface area (Å²) in [5.41, 5.74) is 1.42. The van der Waals surface area contributed by atoms with Crippen LogP contribution in [0.5, 0.6) is 0 Å². The Morgan fingerprint density at radius 3 is 3.25 bits per heavy atom. The zero-order valence-corrected chi connectivity index (χ0v) is 9.98. The van der Waals surface area contributed by atoms with Gasteiger partial charge in [0.05, 0.1) is 6.10 Å². The highest BCUT2D eigenvalue weighted by molar-refractivity contribution is 5.09. The van der Waals surface area contributed by atoms with Crippen molar-refractivity contribution in [3.63, 3.8) is 0 Å². The molecule has 2 unspecified atom stereocenters. The summed E-state index contributed by atoms with van der Waals surface area (Å²) in [5, 5.41) is 0. The molecule has 1 aromatic rings. The molecule has 0 aliphatic carbocycles. The van der Waals surface area contributed by atoms with Crippen molar-refractivity contribution in [1.82, 2.24) is 9.55 Å². The van der Waals surface area contributed by atoms with Gasteiger partial charge in [-0.1, -0.05) is 6.92 Å². The predicted octanol–water partition coefficient (Wildman–Crippen LogP) is 2.19. The lowest BCUT2D eigenvalue weighted by Crippen LogP contribution is -2.20. The van der Waals surface area contributed by atoms with Crippen molar-refractivity contribution in [2.45, 2.75) is 51.7 Å². The Bertz CT molecular complexity index is 366. The molecule has 2 aliphatic heterocycles. The Kier molecular flexibility index (Phi) is 2.72. The van der Waals surface area contributed by atoms with Gasteiger partial charge in [-0.15, -0.1) is 0 Å². The molecule has 0 spiro atoms. The van der Waals surface area contributed by atoms with E-state index in [1.54, 1.807) is 0 Å². The molecule has 0 saturated carbocycles. The summed E-state index contributed by atoms with van der Waals surface area (Å²) in [6.07, 6.45) is 8.41. The molecule has 1 saturated heterocycles. The van der Waals surface area contributed by atoms with Crippen LogP contribution in [-0.4, -0.2) is 22.3 Å². The number of aromatic nitrogens is 2. The van der Waals surface area contributed by atoms with E-state index in [1.807, 2.05) is 0 Å². The summed E-state index contributed by atoms with van der Waals surface area (Å²) in [6, 6.07) is 0. The van der Waals surface area contributed by atoms with Crippen molar-refractivity contribution < 1.29 is 4.74 Å². The molecule has 3 rings (SSSR count). The van der Waals surface area contributed by atoms with Crippen LogP contribution in [0.3, 0.4) is 0 Å². The number of fused-ring (bicyclic) bond motifs is 1. The molecular formula is C13H20N2O. The smallest absolute Gasteiger partial charge is 0.111 e. The summed E-state index contributed by atoms with van der Waals surface area (Å²) >= 11 is 0. The minimum atomic E-state index is 0.422. The topological polar surface area (TPSA) is 27.1 Å². The highest BCUT2D eigenvalue weighted by Gasteiger charge is 2.22. The molecule has 2 atom stereocenters. The first kappa shape index (κ1) is 10.3. The van der Waals surface area contributed by atoms with Crippen molar-refractivity contribution in [1.29, 1.82) is 0 Å². The summed E-state index contributed by atoms with van der Waals surface area (Å²) in [5.74, 6) is 2.06. The van der Waals surface area contributed by atoms with E-state index in [4.69, 9.17) is 4.74 Å². The minimum absolute atomic E-state index is 0.422. The van der Waals surface area contributed by atoms with Crippen molar-refractivity contribution in [2.24, 2.45) is 5.92 Å². The molecule has 3 nitrogen and oxygen atoms in total. The number of rotatable bonds is 2. The number of imidazole rings is 1. The number of hydrogen-bond donors (Lipinski definition) is 0. The molecule has 16 heavy (non-hydrogen) atoms. The van der Waals surface area contributed by atoms with E-state index < -0.39 is 0 Å². The fraction of sp³-hybridized carbons (Fsp3) is 0.769. The Morgan fingerprint density at radius 2 is 2.44 bits per heavy atom. The summed E-state index contributed by atoms with van der Waals surface area (Å²) < 4.78 is 8.10. The summed E-state index contributed by atoms with van der Waals surface area (Å²) in [4.78, 5) is 4.58. The van der Waals surface area contributed by atoms with Crippen LogP contribution in [0.15, 0.2) is 6.20 Å². The molecular weight excluding hydrogens is 200 g/mol. The molecule has 0 amide bonds. The van der Waals surface area contributed by atoms with Crippen LogP contribution in [0.2, 0.25) is 0 Å². The third kappa shape index (κ3) is 1.88. The van der Waals surface area contributed by atoms with Crippen molar-refractivity contribution in [3.8, 4) is 0 Å². The van der Waals surface area contributed by atoms with Crippen LogP contribution in [-0.2, 0) is 24.1 Å². The fourth-order valence-electron chi connectivity index (χ4n) is 2.87. The second-order valence-electron chi connectivity index (χ2n) is 5.25. The van der Waals surface area contributed by atoms with Gasteiger partial charge < -0.3 is 9.30 Å². The number of nitrogens with zero attached hydrogens (tertiary/aromatic N) is 2. The average molecular weight is 220 g/mol. The predicted molar refractivity (Wildman–Crippen MR) is 62.4 cm³/mol. The van der Waals surface area contributed by atoms with Crippen LogP contribution in [0.4, 0.5) is 0 Å². The molecule has 88 valence electrons. The van der Waals surface area contributed by atoms with E-state index in [2.05, 4.69) is 22.7 Å². The lowest BCUT2D eigenvalue weighted by Gasteiger charge is -2.22. The first-order chi connectivity index (χ1) is 7.83. The van der Waals surface area contributed by atoms with Gasteiger partial charge in [-0.3, -0.25) is 0 Å². The maximum Gasteiger partial charge on any atom is 0.111 e. The molecule has 0 bridgehead atoms. The molecule has 0 N–H and O–H groups in total. The van der Waals surface area contributed by atoms with Gasteiger partial charge in [0, 0.05) is 31.5 Å². The second kappa shape index (κ2) is 4.21. The third-order valence-electron chi connectivity index (χ3n) is 3.86. The zero-order valence-electron chi connectivity index (χ0n) is 9.98. The standard InChI is InChI=1S/C13H20N2O/c1-10-4-5-15-11(7-10)9-14-13(15)8-12-3-2-6-16-12/h9-10,12H,2-8H2,1H3. The van der Waals surface area contributed by atoms with E-state index in [0.29, 0.717) is 6.10 Å². The molecule has 2 aliphatic rings. The van der Waals surface area contributed by atoms with Gasteiger partial charge in [-0.05, 0) is 31.6 Å². The quantitative estimate of drug-likeness (QED) is 0.764. The van der Waals surface area contributed by atoms with E-state index in [9.17, 15) is 0 Å². The first-order valence-electron chi connectivity index (χ1n) is 6.48. The van der Waals surface area contributed by atoms with Gasteiger partial charge in [0.25, 0.3) is 0 Å². The van der Waals surface area contributed by atoms with Gasteiger partial charge in [0.2, 0.25) is 0 Å². The van der Waals surface area contributed by atoms with Gasteiger partial charge in [0.15, 0.2) is 0 Å². The fourth-order valence-corrected chi connectivity index (χ4v) is 2.87. The normalized spacial score (nSPS) is 29.3. The molecule has 1 fully saturated rings. The number of hydrogen-bond acceptors (Lipinski definition) is 2. The minimum Gasteiger partial charge on any atom is -0.378 e. The Balaban J connectivity index is 1.75. The van der Waals surface area contributed by atoms with Crippen molar-refractivity contribution >= 4 is 0 Å². The van der Waals surface area contributed by atoms with Crippen LogP contribution in [0.25, 0.3) is 0 Å². The third-order valence-corrected chi connectivity index (χ3v) is 3.86. The van der Waals surface area contributed by atoms with E-state index in [-0.39, 0.29) is 0 Å². The lowest BCUT2D eigenvalue weighted by molar-refractivity contribution is 0.109. The maximum atomic E-state index is 5.69. The average Bonchev–Trinajstić information content (AvgIpc) is 2.89. The summed E-state index contributed by atoms with van der Waals surface area (Å²) in [6.45, 7) is 4.42. The second-order valence-corrected chi connectivity index (χ2v) is 5.25. The molecule has 0 radical (unpaired) electrons. The first-order valence-corrected chi connectivity index (χ1v) is 6.48. The highest BCUT2D eigenvalue weighted by Crippen LogP contribution is 2.23. The zero-order chi connectivity index (χ0) is 11.0. The largest absolute Gasteiger partial charge is 0.378 e. The van der Waals surface area contributed by atoms with Crippen LogP contribution < -0.4 is 0 Å². The molecule has 1 aromatic heterocycles. The van der Waals surface area contributed by atoms with Crippen LogP contribution in [0, 0.1) is 5.92 Å². The SMILES string of the molecule is CC1CCn2c(cnc2CC2CCCO2)C1. The van der Waals surface area contributed by atoms with E-state index >= 15 is 0 Å². The Hall–Kier alpha value is -0.830.